The minimum atomic E-state index is -2.69. The number of aliphatic hydroxyl groups excluding tert-OH is 1. The van der Waals surface area contributed by atoms with Crippen LogP contribution in [0, 0.1) is 0 Å². The van der Waals surface area contributed by atoms with Crippen molar-refractivity contribution in [3.8, 4) is 0 Å². The van der Waals surface area contributed by atoms with Crippen LogP contribution in [0.5, 0.6) is 0 Å². The number of alkyl halides is 2. The van der Waals surface area contributed by atoms with Crippen molar-refractivity contribution in [2.24, 2.45) is 0 Å². The molecule has 5 rings (SSSR count). The van der Waals surface area contributed by atoms with E-state index >= 15 is 0 Å². The summed E-state index contributed by atoms with van der Waals surface area (Å²) >= 11 is 0. The standard InChI is InChI=1S/C23H28F2N4O2.C2H4O.CH4O/c1-27-8-4-20-19(13-27)23(26-29(20)17-5-9-31-10-6-17)28-7-2-3-15-11-16(14-30)18(22(24)25)12-21(15)28;1-2-3;1-2/h11-12,14,17,22H,2-10,13H2,1H3;2H,1H3;2H,1H3. The van der Waals surface area contributed by atoms with Crippen LogP contribution in [0.25, 0.3) is 0 Å². The lowest BCUT2D eigenvalue weighted by Crippen LogP contribution is -2.30. The van der Waals surface area contributed by atoms with E-state index in [2.05, 4.69) is 21.5 Å². The molecule has 0 saturated carbocycles. The van der Waals surface area contributed by atoms with Crippen LogP contribution in [0.3, 0.4) is 0 Å². The Bertz CT molecular complexity index is 1040. The second-order valence-electron chi connectivity index (χ2n) is 9.04. The monoisotopic (exact) mass is 506 g/mol. The number of ether oxygens (including phenoxy) is 1. The molecule has 0 atom stereocenters. The van der Waals surface area contributed by atoms with E-state index in [1.165, 1.54) is 24.2 Å². The zero-order valence-electron chi connectivity index (χ0n) is 21.3. The lowest BCUT2D eigenvalue weighted by Gasteiger charge is -2.32. The fourth-order valence-electron chi connectivity index (χ4n) is 5.19. The maximum atomic E-state index is 13.7. The number of likely N-dealkylation sites (N-methyl/N-ethyl adjacent to an activating group) is 1. The molecule has 4 heterocycles. The molecular formula is C26H36F2N4O4. The number of aryl methyl sites for hydroxylation is 1. The minimum Gasteiger partial charge on any atom is -0.400 e. The summed E-state index contributed by atoms with van der Waals surface area (Å²) in [5, 5.41) is 12.1. The Kier molecular flexibility index (Phi) is 10.1. The molecule has 3 aliphatic rings. The quantitative estimate of drug-likeness (QED) is 0.630. The van der Waals surface area contributed by atoms with Gasteiger partial charge in [-0.05, 0) is 57.4 Å². The van der Waals surface area contributed by atoms with Gasteiger partial charge in [0, 0.05) is 74.5 Å². The largest absolute Gasteiger partial charge is 0.400 e. The summed E-state index contributed by atoms with van der Waals surface area (Å²) in [6.07, 6.45) is 3.10. The van der Waals surface area contributed by atoms with Crippen molar-refractivity contribution >= 4 is 24.1 Å². The van der Waals surface area contributed by atoms with Gasteiger partial charge in [0.25, 0.3) is 6.43 Å². The number of fused-ring (bicyclic) bond motifs is 2. The first kappa shape index (κ1) is 27.9. The van der Waals surface area contributed by atoms with Gasteiger partial charge < -0.3 is 24.4 Å². The van der Waals surface area contributed by atoms with E-state index in [1.54, 1.807) is 6.07 Å². The fraction of sp³-hybridized carbons (Fsp3) is 0.577. The van der Waals surface area contributed by atoms with Gasteiger partial charge in [-0.1, -0.05) is 0 Å². The van der Waals surface area contributed by atoms with Crippen LogP contribution in [-0.4, -0.2) is 72.8 Å². The Labute approximate surface area is 210 Å². The number of aldehydes is 2. The molecule has 198 valence electrons. The molecule has 1 aromatic heterocycles. The third-order valence-electron chi connectivity index (χ3n) is 6.81. The molecule has 1 saturated heterocycles. The summed E-state index contributed by atoms with van der Waals surface area (Å²) in [6, 6.07) is 3.47. The number of aliphatic hydroxyl groups is 1. The van der Waals surface area contributed by atoms with Gasteiger partial charge >= 0.3 is 0 Å². The van der Waals surface area contributed by atoms with Gasteiger partial charge in [0.2, 0.25) is 0 Å². The first-order valence-corrected chi connectivity index (χ1v) is 12.4. The lowest BCUT2D eigenvalue weighted by molar-refractivity contribution is -0.106. The van der Waals surface area contributed by atoms with Gasteiger partial charge in [0.15, 0.2) is 12.1 Å². The second kappa shape index (κ2) is 13.0. The Hall–Kier alpha value is -2.69. The zero-order chi connectivity index (χ0) is 26.2. The predicted molar refractivity (Wildman–Crippen MR) is 133 cm³/mol. The van der Waals surface area contributed by atoms with E-state index in [9.17, 15) is 13.6 Å². The topological polar surface area (TPSA) is 87.9 Å². The molecule has 0 spiro atoms. The highest BCUT2D eigenvalue weighted by Gasteiger charge is 2.32. The Balaban J connectivity index is 0.000000674. The van der Waals surface area contributed by atoms with Crippen molar-refractivity contribution in [3.05, 3.63) is 40.1 Å². The summed E-state index contributed by atoms with van der Waals surface area (Å²) in [6.45, 7) is 5.45. The smallest absolute Gasteiger partial charge is 0.264 e. The molecule has 36 heavy (non-hydrogen) atoms. The number of aromatic nitrogens is 2. The number of hydrogen-bond donors (Lipinski definition) is 1. The molecule has 10 heteroatoms. The van der Waals surface area contributed by atoms with Crippen molar-refractivity contribution in [2.45, 2.75) is 58.0 Å². The summed E-state index contributed by atoms with van der Waals surface area (Å²) in [5.74, 6) is 0.882. The van der Waals surface area contributed by atoms with Crippen LogP contribution in [0.4, 0.5) is 20.3 Å². The number of carbonyl (C=O) groups excluding carboxylic acids is 2. The summed E-state index contributed by atoms with van der Waals surface area (Å²) in [7, 11) is 3.11. The third kappa shape index (κ3) is 5.82. The van der Waals surface area contributed by atoms with Gasteiger partial charge in [-0.25, -0.2) is 8.78 Å². The molecule has 0 bridgehead atoms. The second-order valence-corrected chi connectivity index (χ2v) is 9.04. The van der Waals surface area contributed by atoms with Crippen molar-refractivity contribution in [1.82, 2.24) is 14.7 Å². The first-order valence-electron chi connectivity index (χ1n) is 12.4. The number of halogens is 2. The van der Waals surface area contributed by atoms with Crippen LogP contribution in [0.2, 0.25) is 0 Å². The van der Waals surface area contributed by atoms with E-state index in [0.717, 1.165) is 95.4 Å². The number of nitrogens with zero attached hydrogens (tertiary/aromatic N) is 4. The van der Waals surface area contributed by atoms with Gasteiger partial charge in [0.05, 0.1) is 6.04 Å². The van der Waals surface area contributed by atoms with Gasteiger partial charge in [-0.2, -0.15) is 5.10 Å². The van der Waals surface area contributed by atoms with Crippen LogP contribution >= 0.6 is 0 Å². The maximum Gasteiger partial charge on any atom is 0.264 e. The number of anilines is 2. The third-order valence-corrected chi connectivity index (χ3v) is 6.81. The van der Waals surface area contributed by atoms with E-state index in [4.69, 9.17) is 19.7 Å². The number of benzene rings is 1. The van der Waals surface area contributed by atoms with E-state index < -0.39 is 6.43 Å². The SMILES string of the molecule is CC=O.CN1CCc2c(c(N3CCCc4cc(C=O)c(C(F)F)cc43)nn2C2CCOCC2)C1.CO. The molecule has 3 aliphatic heterocycles. The van der Waals surface area contributed by atoms with Crippen molar-refractivity contribution in [1.29, 1.82) is 0 Å². The van der Waals surface area contributed by atoms with Crippen LogP contribution in [-0.2, 0) is 28.9 Å². The Morgan fingerprint density at radius 3 is 2.47 bits per heavy atom. The van der Waals surface area contributed by atoms with Gasteiger partial charge in [0.1, 0.15) is 6.29 Å². The molecule has 1 N–H and O–H groups in total. The summed E-state index contributed by atoms with van der Waals surface area (Å²) in [5.41, 5.74) is 4.06. The van der Waals surface area contributed by atoms with Crippen LogP contribution < -0.4 is 4.90 Å². The highest BCUT2D eigenvalue weighted by molar-refractivity contribution is 5.81. The van der Waals surface area contributed by atoms with Crippen molar-refractivity contribution in [3.63, 3.8) is 0 Å². The normalized spacial score (nSPS) is 17.8. The molecule has 0 aliphatic carbocycles. The van der Waals surface area contributed by atoms with Crippen molar-refractivity contribution < 1.29 is 28.2 Å². The van der Waals surface area contributed by atoms with E-state index in [-0.39, 0.29) is 11.1 Å². The molecule has 0 unspecified atom stereocenters. The molecular weight excluding hydrogens is 470 g/mol. The highest BCUT2D eigenvalue weighted by atomic mass is 19.3. The van der Waals surface area contributed by atoms with Crippen LogP contribution in [0.15, 0.2) is 12.1 Å². The summed E-state index contributed by atoms with van der Waals surface area (Å²) in [4.78, 5) is 24.6. The van der Waals surface area contributed by atoms with E-state index in [1.807, 2.05) is 0 Å². The van der Waals surface area contributed by atoms with Crippen LogP contribution in [0.1, 0.15) is 71.4 Å². The molecule has 1 aromatic carbocycles. The minimum absolute atomic E-state index is 0.0881. The maximum absolute atomic E-state index is 13.7. The number of hydrogen-bond acceptors (Lipinski definition) is 7. The molecule has 0 radical (unpaired) electrons. The molecule has 0 amide bonds. The summed E-state index contributed by atoms with van der Waals surface area (Å²) < 4.78 is 35.1. The fourth-order valence-corrected chi connectivity index (χ4v) is 5.19. The highest BCUT2D eigenvalue weighted by Crippen LogP contribution is 2.41. The number of rotatable bonds is 4. The van der Waals surface area contributed by atoms with E-state index in [0.29, 0.717) is 12.3 Å². The predicted octanol–water partition coefficient (Wildman–Crippen LogP) is 3.87. The average Bonchev–Trinajstić information content (AvgIpc) is 3.28. The van der Waals surface area contributed by atoms with Crippen molar-refractivity contribution in [2.75, 3.05) is 45.4 Å². The molecule has 2 aromatic rings. The Morgan fingerprint density at radius 1 is 1.14 bits per heavy atom. The Morgan fingerprint density at radius 2 is 1.83 bits per heavy atom. The zero-order valence-corrected chi connectivity index (χ0v) is 21.3. The molecule has 8 nitrogen and oxygen atoms in total. The molecule has 1 fully saturated rings. The van der Waals surface area contributed by atoms with Gasteiger partial charge in [-0.15, -0.1) is 0 Å². The first-order chi connectivity index (χ1) is 17.5. The van der Waals surface area contributed by atoms with Gasteiger partial charge in [-0.3, -0.25) is 9.48 Å². The lowest BCUT2D eigenvalue weighted by atomic mass is 9.95. The number of carbonyl (C=O) groups is 2. The average molecular weight is 507 g/mol.